The van der Waals surface area contributed by atoms with E-state index in [1.165, 1.54) is 59.7 Å². The van der Waals surface area contributed by atoms with Crippen LogP contribution in [0.1, 0.15) is 52.4 Å². The molecular formula is C42H56FeN2P2. The molecule has 6 atom stereocenters. The summed E-state index contributed by atoms with van der Waals surface area (Å²) in [5.74, 6) is 1.60. The maximum Gasteiger partial charge on any atom is 0.00953 e. The van der Waals surface area contributed by atoms with Crippen molar-refractivity contribution in [1.29, 1.82) is 0 Å². The van der Waals surface area contributed by atoms with Gasteiger partial charge in [0.15, 0.2) is 0 Å². The molecule has 0 radical (unpaired) electrons. The van der Waals surface area contributed by atoms with Crippen molar-refractivity contribution in [2.75, 3.05) is 28.2 Å². The molecule has 0 saturated heterocycles. The van der Waals surface area contributed by atoms with Gasteiger partial charge in [0.05, 0.1) is 0 Å². The van der Waals surface area contributed by atoms with Gasteiger partial charge in [-0.2, -0.15) is 0 Å². The van der Waals surface area contributed by atoms with E-state index >= 15 is 0 Å². The summed E-state index contributed by atoms with van der Waals surface area (Å²) >= 11 is 0. The molecule has 47 heavy (non-hydrogen) atoms. The van der Waals surface area contributed by atoms with Gasteiger partial charge in [-0.05, 0) is 128 Å². The van der Waals surface area contributed by atoms with Gasteiger partial charge < -0.3 is 9.80 Å². The molecule has 252 valence electrons. The quantitative estimate of drug-likeness (QED) is 0.121. The minimum atomic E-state index is -0.275. The molecular weight excluding hydrogens is 650 g/mol. The smallest absolute Gasteiger partial charge is 0.00953 e. The van der Waals surface area contributed by atoms with E-state index in [1.807, 2.05) is 0 Å². The largest absolute Gasteiger partial charge is 0.306 e. The van der Waals surface area contributed by atoms with Crippen LogP contribution in [0.2, 0.25) is 0 Å². The fourth-order valence-electron chi connectivity index (χ4n) is 7.89. The molecule has 0 bridgehead atoms. The van der Waals surface area contributed by atoms with Gasteiger partial charge in [0.1, 0.15) is 0 Å². The number of benzene rings is 4. The molecule has 2 aliphatic rings. The van der Waals surface area contributed by atoms with E-state index < -0.39 is 0 Å². The van der Waals surface area contributed by atoms with Crippen LogP contribution in [0.15, 0.2) is 121 Å². The summed E-state index contributed by atoms with van der Waals surface area (Å²) in [5.41, 5.74) is 1.60. The number of rotatable bonds is 10. The SMILES string of the molecule is C[C@H](C1CCCC1P(c1ccccc1)c1ccccc1)N(C)C.C[C@H](C1CCCC1P(c1ccccc1)c1ccccc1)N(C)C.[Fe]. The molecule has 4 unspecified atom stereocenters. The van der Waals surface area contributed by atoms with E-state index in [0.29, 0.717) is 12.1 Å². The summed E-state index contributed by atoms with van der Waals surface area (Å²) in [6, 6.07) is 46.2. The predicted octanol–water partition coefficient (Wildman–Crippen LogP) is 8.47. The van der Waals surface area contributed by atoms with Gasteiger partial charge in [-0.15, -0.1) is 0 Å². The van der Waals surface area contributed by atoms with Crippen molar-refractivity contribution in [1.82, 2.24) is 9.80 Å². The topological polar surface area (TPSA) is 6.48 Å². The fourth-order valence-corrected chi connectivity index (χ4v) is 14.4. The molecule has 0 amide bonds. The van der Waals surface area contributed by atoms with E-state index in [1.54, 1.807) is 0 Å². The Kier molecular flexibility index (Phi) is 15.2. The van der Waals surface area contributed by atoms with Crippen LogP contribution in [0.3, 0.4) is 0 Å². The Balaban J connectivity index is 0.000000208. The van der Waals surface area contributed by atoms with E-state index in [0.717, 1.165) is 23.2 Å². The second kappa shape index (κ2) is 18.8. The molecule has 0 aliphatic heterocycles. The van der Waals surface area contributed by atoms with Crippen molar-refractivity contribution in [2.24, 2.45) is 11.8 Å². The minimum Gasteiger partial charge on any atom is -0.306 e. The van der Waals surface area contributed by atoms with E-state index in [9.17, 15) is 0 Å². The Labute approximate surface area is 299 Å². The number of hydrogen-bond donors (Lipinski definition) is 0. The van der Waals surface area contributed by atoms with Crippen LogP contribution in [0.5, 0.6) is 0 Å². The number of hydrogen-bond acceptors (Lipinski definition) is 2. The molecule has 6 rings (SSSR count). The van der Waals surface area contributed by atoms with Gasteiger partial charge in [0, 0.05) is 29.2 Å². The molecule has 0 aromatic heterocycles. The van der Waals surface area contributed by atoms with E-state index in [4.69, 9.17) is 0 Å². The summed E-state index contributed by atoms with van der Waals surface area (Å²) in [6.45, 7) is 4.82. The zero-order chi connectivity index (χ0) is 32.5. The molecule has 2 aliphatic carbocycles. The van der Waals surface area contributed by atoms with Crippen LogP contribution in [-0.4, -0.2) is 61.4 Å². The second-order valence-electron chi connectivity index (χ2n) is 13.8. The Morgan fingerprint density at radius 3 is 0.936 bits per heavy atom. The summed E-state index contributed by atoms with van der Waals surface area (Å²) in [6.07, 6.45) is 8.26. The summed E-state index contributed by atoms with van der Waals surface area (Å²) in [5, 5.41) is 6.15. The van der Waals surface area contributed by atoms with Crippen molar-refractivity contribution in [2.45, 2.75) is 75.8 Å². The standard InChI is InChI=1S/2C21H28NP.Fe/c2*1-17(22(2)3)20-15-10-16-21(20)23(18-11-6-4-7-12-18)19-13-8-5-9-14-19;/h2*4-9,11-14,17,20-21H,10,15-16H2,1-3H3;/t2*17-,20?,21?;/m11./s1. The number of nitrogens with zero attached hydrogens (tertiary/aromatic N) is 2. The van der Waals surface area contributed by atoms with Crippen molar-refractivity contribution >= 4 is 37.1 Å². The third-order valence-electron chi connectivity index (χ3n) is 10.7. The van der Waals surface area contributed by atoms with Gasteiger partial charge in [0.2, 0.25) is 0 Å². The molecule has 2 fully saturated rings. The molecule has 5 heteroatoms. The first kappa shape index (κ1) is 38.0. The van der Waals surface area contributed by atoms with Crippen LogP contribution in [0, 0.1) is 11.8 Å². The Morgan fingerprint density at radius 2 is 0.702 bits per heavy atom. The van der Waals surface area contributed by atoms with Gasteiger partial charge in [-0.3, -0.25) is 0 Å². The zero-order valence-corrected chi connectivity index (χ0v) is 32.3. The second-order valence-corrected chi connectivity index (χ2v) is 18.7. The van der Waals surface area contributed by atoms with Crippen molar-refractivity contribution in [3.05, 3.63) is 121 Å². The third kappa shape index (κ3) is 9.67. The fraction of sp³-hybridized carbons (Fsp3) is 0.429. The first-order chi connectivity index (χ1) is 22.4. The maximum absolute atomic E-state index is 2.41. The van der Waals surface area contributed by atoms with Gasteiger partial charge in [-0.1, -0.05) is 134 Å². The first-order valence-corrected chi connectivity index (χ1v) is 20.3. The van der Waals surface area contributed by atoms with Crippen molar-refractivity contribution in [3.63, 3.8) is 0 Å². The Bertz CT molecular complexity index is 1230. The van der Waals surface area contributed by atoms with E-state index in [-0.39, 0.29) is 32.9 Å². The van der Waals surface area contributed by atoms with Crippen molar-refractivity contribution in [3.8, 4) is 0 Å². The molecule has 0 spiro atoms. The van der Waals surface area contributed by atoms with Gasteiger partial charge in [0.25, 0.3) is 0 Å². The average Bonchev–Trinajstić information content (AvgIpc) is 3.77. The molecule has 4 aromatic carbocycles. The van der Waals surface area contributed by atoms with Crippen LogP contribution < -0.4 is 21.2 Å². The average molecular weight is 707 g/mol. The van der Waals surface area contributed by atoms with Crippen LogP contribution in [0.25, 0.3) is 0 Å². The summed E-state index contributed by atoms with van der Waals surface area (Å²) in [4.78, 5) is 4.82. The predicted molar refractivity (Wildman–Crippen MR) is 207 cm³/mol. The monoisotopic (exact) mass is 706 g/mol. The van der Waals surface area contributed by atoms with E-state index in [2.05, 4.69) is 173 Å². The Hall–Kier alpha value is -1.82. The maximum atomic E-state index is 2.41. The first-order valence-electron chi connectivity index (χ1n) is 17.5. The molecule has 2 saturated carbocycles. The van der Waals surface area contributed by atoms with Crippen molar-refractivity contribution < 1.29 is 17.1 Å². The summed E-state index contributed by atoms with van der Waals surface area (Å²) in [7, 11) is 8.37. The molecule has 0 N–H and O–H groups in total. The summed E-state index contributed by atoms with van der Waals surface area (Å²) < 4.78 is 0. The normalized spacial score (nSPS) is 22.2. The van der Waals surface area contributed by atoms with Crippen LogP contribution in [-0.2, 0) is 17.1 Å². The molecule has 0 heterocycles. The van der Waals surface area contributed by atoms with Gasteiger partial charge >= 0.3 is 0 Å². The third-order valence-corrected chi connectivity index (χ3v) is 16.8. The molecule has 2 nitrogen and oxygen atoms in total. The van der Waals surface area contributed by atoms with Crippen LogP contribution >= 0.6 is 15.8 Å². The molecule has 4 aromatic rings. The van der Waals surface area contributed by atoms with Gasteiger partial charge in [-0.25, -0.2) is 0 Å². The van der Waals surface area contributed by atoms with Crippen LogP contribution in [0.4, 0.5) is 0 Å². The minimum absolute atomic E-state index is 0. The Morgan fingerprint density at radius 1 is 0.447 bits per heavy atom. The zero-order valence-electron chi connectivity index (χ0n) is 29.4.